The van der Waals surface area contributed by atoms with Gasteiger partial charge in [0.15, 0.2) is 0 Å². The molecule has 0 saturated carbocycles. The third-order valence-corrected chi connectivity index (χ3v) is 3.16. The lowest BCUT2D eigenvalue weighted by atomic mass is 10.1. The highest BCUT2D eigenvalue weighted by molar-refractivity contribution is 5.83. The van der Waals surface area contributed by atoms with Crippen molar-refractivity contribution in [2.75, 3.05) is 13.1 Å². The summed E-state index contributed by atoms with van der Waals surface area (Å²) in [5.41, 5.74) is 0.821. The molecule has 0 aromatic heterocycles. The first kappa shape index (κ1) is 17.1. The molecule has 0 spiro atoms. The number of nitrogens with one attached hydrogen (secondary N) is 1. The molecule has 0 bridgehead atoms. The largest absolute Gasteiger partial charge is 0.350 e. The first-order chi connectivity index (χ1) is 9.88. The van der Waals surface area contributed by atoms with Crippen LogP contribution in [0.1, 0.15) is 32.8 Å². The van der Waals surface area contributed by atoms with Crippen molar-refractivity contribution < 1.29 is 14.0 Å². The highest BCUT2D eigenvalue weighted by atomic mass is 19.1. The van der Waals surface area contributed by atoms with E-state index in [2.05, 4.69) is 19.2 Å². The van der Waals surface area contributed by atoms with Gasteiger partial charge in [-0.1, -0.05) is 26.0 Å². The summed E-state index contributed by atoms with van der Waals surface area (Å²) in [4.78, 5) is 24.9. The summed E-state index contributed by atoms with van der Waals surface area (Å²) < 4.78 is 12.8. The monoisotopic (exact) mass is 294 g/mol. The molecule has 0 atom stereocenters. The highest BCUT2D eigenvalue weighted by Crippen LogP contribution is 2.04. The second-order valence-corrected chi connectivity index (χ2v) is 5.53. The van der Waals surface area contributed by atoms with Crippen LogP contribution in [0.3, 0.4) is 0 Å². The minimum atomic E-state index is -0.304. The van der Waals surface area contributed by atoms with E-state index >= 15 is 0 Å². The molecule has 2 amide bonds. The van der Waals surface area contributed by atoms with Gasteiger partial charge in [-0.05, 0) is 30.0 Å². The Morgan fingerprint density at radius 1 is 1.24 bits per heavy atom. The predicted molar refractivity (Wildman–Crippen MR) is 80.0 cm³/mol. The van der Waals surface area contributed by atoms with Crippen molar-refractivity contribution in [1.82, 2.24) is 10.2 Å². The molecule has 0 heterocycles. The van der Waals surface area contributed by atoms with E-state index in [0.717, 1.165) is 12.0 Å². The molecule has 0 fully saturated rings. The Balaban J connectivity index is 2.42. The Bertz CT molecular complexity index is 472. The average molecular weight is 294 g/mol. The van der Waals surface area contributed by atoms with Crippen molar-refractivity contribution in [3.05, 3.63) is 35.6 Å². The first-order valence-corrected chi connectivity index (χ1v) is 7.15. The first-order valence-electron chi connectivity index (χ1n) is 7.15. The predicted octanol–water partition coefficient (Wildman–Crippen LogP) is 2.34. The van der Waals surface area contributed by atoms with Gasteiger partial charge in [-0.3, -0.25) is 9.59 Å². The van der Waals surface area contributed by atoms with Crippen molar-refractivity contribution in [2.24, 2.45) is 5.92 Å². The van der Waals surface area contributed by atoms with Crippen molar-refractivity contribution in [3.8, 4) is 0 Å². The summed E-state index contributed by atoms with van der Waals surface area (Å²) in [5.74, 6) is -0.137. The fourth-order valence-electron chi connectivity index (χ4n) is 1.79. The molecular formula is C16H23FN2O2. The third-order valence-electron chi connectivity index (χ3n) is 3.16. The van der Waals surface area contributed by atoms with Crippen molar-refractivity contribution in [1.29, 1.82) is 0 Å². The van der Waals surface area contributed by atoms with Gasteiger partial charge < -0.3 is 10.2 Å². The molecule has 0 aliphatic carbocycles. The Labute approximate surface area is 125 Å². The number of halogens is 1. The Kier molecular flexibility index (Phi) is 6.85. The Hall–Kier alpha value is -1.91. The van der Waals surface area contributed by atoms with Crippen LogP contribution in [0.25, 0.3) is 0 Å². The van der Waals surface area contributed by atoms with Gasteiger partial charge in [0.25, 0.3) is 0 Å². The lowest BCUT2D eigenvalue weighted by Crippen LogP contribution is -2.40. The summed E-state index contributed by atoms with van der Waals surface area (Å²) in [6.07, 6.45) is 0.866. The fourth-order valence-corrected chi connectivity index (χ4v) is 1.79. The van der Waals surface area contributed by atoms with E-state index in [1.807, 2.05) is 0 Å². The van der Waals surface area contributed by atoms with Gasteiger partial charge in [0, 0.05) is 20.0 Å². The molecule has 116 valence electrons. The van der Waals surface area contributed by atoms with Crippen LogP contribution < -0.4 is 5.32 Å². The summed E-state index contributed by atoms with van der Waals surface area (Å²) >= 11 is 0. The number of hydrogen-bond donors (Lipinski definition) is 1. The van der Waals surface area contributed by atoms with E-state index in [9.17, 15) is 14.0 Å². The molecule has 0 unspecified atom stereocenters. The minimum absolute atomic E-state index is 0.0588. The number of amides is 2. The topological polar surface area (TPSA) is 49.4 Å². The molecule has 0 aliphatic rings. The van der Waals surface area contributed by atoms with Gasteiger partial charge in [-0.2, -0.15) is 0 Å². The van der Waals surface area contributed by atoms with Crippen LogP contribution in [0.15, 0.2) is 24.3 Å². The maximum atomic E-state index is 12.8. The summed E-state index contributed by atoms with van der Waals surface area (Å²) in [6.45, 7) is 6.59. The van der Waals surface area contributed by atoms with Crippen LogP contribution >= 0.6 is 0 Å². The van der Waals surface area contributed by atoms with E-state index in [0.29, 0.717) is 19.0 Å². The van der Waals surface area contributed by atoms with Crippen molar-refractivity contribution in [3.63, 3.8) is 0 Å². The molecular weight excluding hydrogens is 271 g/mol. The number of benzene rings is 1. The number of carbonyl (C=O) groups is 2. The summed E-state index contributed by atoms with van der Waals surface area (Å²) in [6, 6.07) is 5.95. The molecule has 0 aliphatic heterocycles. The quantitative estimate of drug-likeness (QED) is 0.839. The molecule has 0 saturated heterocycles. The van der Waals surface area contributed by atoms with Gasteiger partial charge in [0.05, 0.1) is 6.54 Å². The van der Waals surface area contributed by atoms with Crippen LogP contribution in [0.4, 0.5) is 4.39 Å². The van der Waals surface area contributed by atoms with Crippen LogP contribution in [-0.2, 0) is 16.1 Å². The molecule has 4 nitrogen and oxygen atoms in total. The zero-order valence-electron chi connectivity index (χ0n) is 12.9. The van der Waals surface area contributed by atoms with Crippen LogP contribution in [0.2, 0.25) is 0 Å². The highest BCUT2D eigenvalue weighted by Gasteiger charge is 2.13. The van der Waals surface area contributed by atoms with Gasteiger partial charge >= 0.3 is 0 Å². The second-order valence-electron chi connectivity index (χ2n) is 5.53. The van der Waals surface area contributed by atoms with Gasteiger partial charge in [0.1, 0.15) is 5.82 Å². The molecule has 1 N–H and O–H groups in total. The van der Waals surface area contributed by atoms with E-state index in [-0.39, 0.29) is 24.2 Å². The maximum absolute atomic E-state index is 12.8. The summed E-state index contributed by atoms with van der Waals surface area (Å²) in [7, 11) is 0. The van der Waals surface area contributed by atoms with E-state index in [1.165, 1.54) is 19.1 Å². The van der Waals surface area contributed by atoms with Crippen LogP contribution in [0, 0.1) is 11.7 Å². The van der Waals surface area contributed by atoms with E-state index in [1.54, 1.807) is 17.0 Å². The standard InChI is InChI=1S/C16H23FN2O2/c1-12(2)8-9-19(13(3)20)11-16(21)18-10-14-4-6-15(17)7-5-14/h4-7,12H,8-11H2,1-3H3,(H,18,21). The molecule has 1 aromatic rings. The van der Waals surface area contributed by atoms with E-state index < -0.39 is 0 Å². The fraction of sp³-hybridized carbons (Fsp3) is 0.500. The third kappa shape index (κ3) is 6.88. The SMILES string of the molecule is CC(=O)N(CCC(C)C)CC(=O)NCc1ccc(F)cc1. The Morgan fingerprint density at radius 2 is 1.86 bits per heavy atom. The number of nitrogens with zero attached hydrogens (tertiary/aromatic N) is 1. The van der Waals surface area contributed by atoms with Crippen molar-refractivity contribution >= 4 is 11.8 Å². The zero-order chi connectivity index (χ0) is 15.8. The molecule has 1 aromatic carbocycles. The number of hydrogen-bond acceptors (Lipinski definition) is 2. The molecule has 1 rings (SSSR count). The van der Waals surface area contributed by atoms with Crippen LogP contribution in [0.5, 0.6) is 0 Å². The number of carbonyl (C=O) groups excluding carboxylic acids is 2. The average Bonchev–Trinajstić information content (AvgIpc) is 2.42. The summed E-state index contributed by atoms with van der Waals surface area (Å²) in [5, 5.41) is 2.74. The molecule has 0 radical (unpaired) electrons. The van der Waals surface area contributed by atoms with Gasteiger partial charge in [-0.25, -0.2) is 4.39 Å². The Morgan fingerprint density at radius 3 is 2.38 bits per heavy atom. The lowest BCUT2D eigenvalue weighted by Gasteiger charge is -2.21. The smallest absolute Gasteiger partial charge is 0.239 e. The van der Waals surface area contributed by atoms with Gasteiger partial charge in [0.2, 0.25) is 11.8 Å². The normalized spacial score (nSPS) is 10.5. The van der Waals surface area contributed by atoms with Crippen LogP contribution in [-0.4, -0.2) is 29.8 Å². The minimum Gasteiger partial charge on any atom is -0.350 e. The maximum Gasteiger partial charge on any atom is 0.239 e. The van der Waals surface area contributed by atoms with Crippen molar-refractivity contribution in [2.45, 2.75) is 33.7 Å². The number of rotatable bonds is 7. The second kappa shape index (κ2) is 8.39. The zero-order valence-corrected chi connectivity index (χ0v) is 12.9. The lowest BCUT2D eigenvalue weighted by molar-refractivity contribution is -0.134. The molecule has 5 heteroatoms. The molecule has 21 heavy (non-hydrogen) atoms. The van der Waals surface area contributed by atoms with Gasteiger partial charge in [-0.15, -0.1) is 0 Å². The van der Waals surface area contributed by atoms with E-state index in [4.69, 9.17) is 0 Å².